The van der Waals surface area contributed by atoms with E-state index in [1.165, 1.54) is 6.08 Å². The van der Waals surface area contributed by atoms with Gasteiger partial charge in [-0.05, 0) is 12.5 Å². The molecule has 0 aliphatic carbocycles. The first-order chi connectivity index (χ1) is 6.77. The second-order valence-corrected chi connectivity index (χ2v) is 2.97. The van der Waals surface area contributed by atoms with Crippen LogP contribution in [0.25, 0.3) is 0 Å². The van der Waals surface area contributed by atoms with Crippen LogP contribution >= 0.6 is 0 Å². The van der Waals surface area contributed by atoms with Crippen molar-refractivity contribution in [2.75, 3.05) is 5.32 Å². The summed E-state index contributed by atoms with van der Waals surface area (Å²) >= 11 is 0. The zero-order chi connectivity index (χ0) is 10.4. The standard InChI is InChI=1S/C11H14N2O/c1-3-8-13-9-6-5-7-10(13)12-11(14)4-2/h4-7,9H,2-3,8H2,1H3/p+1. The summed E-state index contributed by atoms with van der Waals surface area (Å²) < 4.78 is 2.00. The van der Waals surface area contributed by atoms with Gasteiger partial charge in [0.05, 0.1) is 12.7 Å². The predicted molar refractivity (Wildman–Crippen MR) is 55.8 cm³/mol. The van der Waals surface area contributed by atoms with Gasteiger partial charge in [-0.3, -0.25) is 0 Å². The number of pyridine rings is 1. The van der Waals surface area contributed by atoms with Gasteiger partial charge in [-0.15, -0.1) is 0 Å². The van der Waals surface area contributed by atoms with Crippen LogP contribution in [0.4, 0.5) is 5.82 Å². The summed E-state index contributed by atoms with van der Waals surface area (Å²) in [6, 6.07) is 5.71. The van der Waals surface area contributed by atoms with Gasteiger partial charge in [-0.25, -0.2) is 14.7 Å². The average Bonchev–Trinajstić information content (AvgIpc) is 2.21. The molecule has 1 aromatic heterocycles. The third-order valence-corrected chi connectivity index (χ3v) is 1.84. The fourth-order valence-electron chi connectivity index (χ4n) is 1.20. The summed E-state index contributed by atoms with van der Waals surface area (Å²) in [5, 5.41) is 2.75. The van der Waals surface area contributed by atoms with Crippen molar-refractivity contribution >= 4 is 11.7 Å². The Morgan fingerprint density at radius 3 is 3.07 bits per heavy atom. The van der Waals surface area contributed by atoms with Crippen molar-refractivity contribution in [2.24, 2.45) is 0 Å². The molecule has 0 atom stereocenters. The fourth-order valence-corrected chi connectivity index (χ4v) is 1.20. The Morgan fingerprint density at radius 1 is 1.64 bits per heavy atom. The molecule has 0 bridgehead atoms. The molecule has 1 heterocycles. The maximum atomic E-state index is 11.1. The second kappa shape index (κ2) is 5.17. The molecular weight excluding hydrogens is 176 g/mol. The number of hydrogen-bond acceptors (Lipinski definition) is 1. The van der Waals surface area contributed by atoms with Crippen LogP contribution in [0.15, 0.2) is 37.1 Å². The minimum Gasteiger partial charge on any atom is -0.242 e. The van der Waals surface area contributed by atoms with Crippen molar-refractivity contribution in [3.05, 3.63) is 37.1 Å². The molecule has 0 aromatic carbocycles. The number of rotatable bonds is 4. The number of aromatic nitrogens is 1. The van der Waals surface area contributed by atoms with E-state index in [-0.39, 0.29) is 5.91 Å². The van der Waals surface area contributed by atoms with Crippen LogP contribution in [-0.2, 0) is 11.3 Å². The Balaban J connectivity index is 2.83. The van der Waals surface area contributed by atoms with Crippen molar-refractivity contribution in [1.29, 1.82) is 0 Å². The van der Waals surface area contributed by atoms with Crippen molar-refractivity contribution in [3.63, 3.8) is 0 Å². The minimum atomic E-state index is -0.180. The molecule has 0 aliphatic heterocycles. The van der Waals surface area contributed by atoms with E-state index in [0.717, 1.165) is 18.8 Å². The van der Waals surface area contributed by atoms with E-state index in [0.29, 0.717) is 0 Å². The monoisotopic (exact) mass is 191 g/mol. The third kappa shape index (κ3) is 2.69. The lowest BCUT2D eigenvalue weighted by Gasteiger charge is -2.02. The van der Waals surface area contributed by atoms with Crippen LogP contribution in [0, 0.1) is 0 Å². The molecule has 14 heavy (non-hydrogen) atoms. The maximum absolute atomic E-state index is 11.1. The summed E-state index contributed by atoms with van der Waals surface area (Å²) in [6.07, 6.45) is 4.25. The van der Waals surface area contributed by atoms with Gasteiger partial charge in [0, 0.05) is 12.1 Å². The maximum Gasteiger partial charge on any atom is 0.331 e. The van der Waals surface area contributed by atoms with Gasteiger partial charge in [0.1, 0.15) is 0 Å². The molecule has 1 rings (SSSR count). The van der Waals surface area contributed by atoms with E-state index in [9.17, 15) is 4.79 Å². The highest BCUT2D eigenvalue weighted by Gasteiger charge is 2.09. The van der Waals surface area contributed by atoms with Crippen LogP contribution in [0.5, 0.6) is 0 Å². The number of aryl methyl sites for hydroxylation is 1. The molecule has 0 saturated heterocycles. The first kappa shape index (κ1) is 10.4. The van der Waals surface area contributed by atoms with Gasteiger partial charge in [-0.2, -0.15) is 0 Å². The molecule has 3 heteroatoms. The first-order valence-corrected chi connectivity index (χ1v) is 4.69. The number of anilines is 1. The van der Waals surface area contributed by atoms with Gasteiger partial charge < -0.3 is 0 Å². The minimum absolute atomic E-state index is 0.180. The summed E-state index contributed by atoms with van der Waals surface area (Å²) in [6.45, 7) is 6.40. The lowest BCUT2D eigenvalue weighted by molar-refractivity contribution is -0.682. The zero-order valence-electron chi connectivity index (χ0n) is 8.36. The van der Waals surface area contributed by atoms with E-state index in [2.05, 4.69) is 18.8 Å². The van der Waals surface area contributed by atoms with Crippen molar-refractivity contribution in [2.45, 2.75) is 19.9 Å². The number of amides is 1. The molecule has 0 fully saturated rings. The largest absolute Gasteiger partial charge is 0.331 e. The molecule has 1 N–H and O–H groups in total. The Hall–Kier alpha value is -1.64. The highest BCUT2D eigenvalue weighted by atomic mass is 16.1. The summed E-state index contributed by atoms with van der Waals surface area (Å²) in [5.41, 5.74) is 0. The quantitative estimate of drug-likeness (QED) is 0.568. The van der Waals surface area contributed by atoms with E-state index in [4.69, 9.17) is 0 Å². The Kier molecular flexibility index (Phi) is 3.85. The lowest BCUT2D eigenvalue weighted by Crippen LogP contribution is -2.37. The molecule has 0 aliphatic rings. The van der Waals surface area contributed by atoms with E-state index >= 15 is 0 Å². The topological polar surface area (TPSA) is 33.0 Å². The Labute approximate surface area is 84.1 Å². The predicted octanol–water partition coefficient (Wildman–Crippen LogP) is 1.51. The van der Waals surface area contributed by atoms with Crippen LogP contribution in [0.1, 0.15) is 13.3 Å². The number of hydrogen-bond donors (Lipinski definition) is 1. The van der Waals surface area contributed by atoms with Gasteiger partial charge >= 0.3 is 5.91 Å². The van der Waals surface area contributed by atoms with Crippen LogP contribution in [0.2, 0.25) is 0 Å². The third-order valence-electron chi connectivity index (χ3n) is 1.84. The molecule has 1 amide bonds. The van der Waals surface area contributed by atoms with Gasteiger partial charge in [0.15, 0.2) is 0 Å². The zero-order valence-corrected chi connectivity index (χ0v) is 8.36. The van der Waals surface area contributed by atoms with Gasteiger partial charge in [-0.1, -0.05) is 19.6 Å². The second-order valence-electron chi connectivity index (χ2n) is 2.97. The number of carbonyl (C=O) groups excluding carboxylic acids is 1. The van der Waals surface area contributed by atoms with Gasteiger partial charge in [0.2, 0.25) is 0 Å². The molecular formula is C11H15N2O+. The normalized spacial score (nSPS) is 9.50. The Morgan fingerprint density at radius 2 is 2.43 bits per heavy atom. The lowest BCUT2D eigenvalue weighted by atomic mass is 10.4. The first-order valence-electron chi connectivity index (χ1n) is 4.69. The molecule has 3 nitrogen and oxygen atoms in total. The highest BCUT2D eigenvalue weighted by molar-refractivity contribution is 5.97. The fraction of sp³-hybridized carbons (Fsp3) is 0.273. The smallest absolute Gasteiger partial charge is 0.242 e. The Bertz CT molecular complexity index is 334. The van der Waals surface area contributed by atoms with Crippen molar-refractivity contribution < 1.29 is 9.36 Å². The number of carbonyl (C=O) groups is 1. The van der Waals surface area contributed by atoms with Crippen LogP contribution in [-0.4, -0.2) is 5.91 Å². The van der Waals surface area contributed by atoms with Crippen molar-refractivity contribution in [3.8, 4) is 0 Å². The SMILES string of the molecule is C=CC(=O)Nc1cccc[n+]1CCC. The number of nitrogens with one attached hydrogen (secondary N) is 1. The highest BCUT2D eigenvalue weighted by Crippen LogP contribution is 1.98. The molecule has 74 valence electrons. The molecule has 0 radical (unpaired) electrons. The molecule has 0 saturated carbocycles. The molecule has 0 unspecified atom stereocenters. The average molecular weight is 191 g/mol. The summed E-state index contributed by atoms with van der Waals surface area (Å²) in [7, 11) is 0. The number of nitrogens with zero attached hydrogens (tertiary/aromatic N) is 1. The van der Waals surface area contributed by atoms with E-state index in [1.54, 1.807) is 0 Å². The summed E-state index contributed by atoms with van der Waals surface area (Å²) in [4.78, 5) is 11.1. The molecule has 1 aromatic rings. The van der Waals surface area contributed by atoms with E-state index < -0.39 is 0 Å². The molecule has 0 spiro atoms. The van der Waals surface area contributed by atoms with E-state index in [1.807, 2.05) is 29.0 Å². The van der Waals surface area contributed by atoms with Gasteiger partial charge in [0.25, 0.3) is 5.82 Å². The van der Waals surface area contributed by atoms with Crippen molar-refractivity contribution in [1.82, 2.24) is 0 Å². The van der Waals surface area contributed by atoms with Crippen LogP contribution in [0.3, 0.4) is 0 Å². The summed E-state index contributed by atoms with van der Waals surface area (Å²) in [5.74, 6) is 0.625. The van der Waals surface area contributed by atoms with Crippen LogP contribution < -0.4 is 9.88 Å².